The lowest BCUT2D eigenvalue weighted by atomic mass is 9.99. The van der Waals surface area contributed by atoms with Gasteiger partial charge in [0.15, 0.2) is 6.29 Å². The van der Waals surface area contributed by atoms with Gasteiger partial charge in [0, 0.05) is 6.42 Å². The number of carbonyl (C=O) groups is 1. The van der Waals surface area contributed by atoms with Crippen LogP contribution < -0.4 is 5.32 Å². The van der Waals surface area contributed by atoms with Gasteiger partial charge in [0.25, 0.3) is 0 Å². The average molecular weight is 742 g/mol. The second-order valence-corrected chi connectivity index (χ2v) is 15.5. The van der Waals surface area contributed by atoms with Crippen LogP contribution in [0, 0.1) is 0 Å². The van der Waals surface area contributed by atoms with Crippen molar-refractivity contribution in [2.75, 3.05) is 13.2 Å². The van der Waals surface area contributed by atoms with Crippen molar-refractivity contribution < 1.29 is 39.8 Å². The van der Waals surface area contributed by atoms with Crippen molar-refractivity contribution in [2.24, 2.45) is 0 Å². The van der Waals surface area contributed by atoms with Crippen LogP contribution in [-0.4, -0.2) is 87.5 Å². The zero-order valence-corrected chi connectivity index (χ0v) is 33.6. The summed E-state index contributed by atoms with van der Waals surface area (Å²) in [7, 11) is 0. The average Bonchev–Trinajstić information content (AvgIpc) is 3.14. The Bertz CT molecular complexity index is 827. The van der Waals surface area contributed by atoms with Crippen LogP contribution in [0.4, 0.5) is 0 Å². The molecule has 0 spiro atoms. The molecule has 6 N–H and O–H groups in total. The van der Waals surface area contributed by atoms with Crippen LogP contribution in [-0.2, 0) is 14.3 Å². The third kappa shape index (κ3) is 25.1. The third-order valence-electron chi connectivity index (χ3n) is 10.6. The van der Waals surface area contributed by atoms with E-state index in [2.05, 4.69) is 31.3 Å². The lowest BCUT2D eigenvalue weighted by Crippen LogP contribution is -2.60. The highest BCUT2D eigenvalue weighted by Crippen LogP contribution is 2.23. The van der Waals surface area contributed by atoms with E-state index in [9.17, 15) is 30.3 Å². The topological polar surface area (TPSA) is 149 Å². The van der Waals surface area contributed by atoms with Crippen molar-refractivity contribution in [2.45, 2.75) is 243 Å². The Morgan fingerprint density at radius 2 is 1.08 bits per heavy atom. The zero-order valence-electron chi connectivity index (χ0n) is 33.6. The first-order chi connectivity index (χ1) is 25.3. The number of carbonyl (C=O) groups excluding carboxylic acids is 1. The van der Waals surface area contributed by atoms with Gasteiger partial charge in [-0.15, -0.1) is 0 Å². The largest absolute Gasteiger partial charge is 0.394 e. The first-order valence-electron chi connectivity index (χ1n) is 21.9. The molecule has 0 bridgehead atoms. The van der Waals surface area contributed by atoms with Crippen molar-refractivity contribution >= 4 is 5.91 Å². The highest BCUT2D eigenvalue weighted by atomic mass is 16.7. The van der Waals surface area contributed by atoms with Crippen LogP contribution in [0.25, 0.3) is 0 Å². The fourth-order valence-electron chi connectivity index (χ4n) is 7.04. The summed E-state index contributed by atoms with van der Waals surface area (Å²) in [5, 5.41) is 54.1. The van der Waals surface area contributed by atoms with E-state index in [4.69, 9.17) is 9.47 Å². The summed E-state index contributed by atoms with van der Waals surface area (Å²) in [6.07, 6.45) is 30.8. The van der Waals surface area contributed by atoms with E-state index in [-0.39, 0.29) is 12.5 Å². The number of aliphatic hydroxyl groups excluding tert-OH is 5. The van der Waals surface area contributed by atoms with E-state index in [1.807, 2.05) is 0 Å². The Morgan fingerprint density at radius 1 is 0.635 bits per heavy atom. The number of rotatable bonds is 36. The van der Waals surface area contributed by atoms with Crippen molar-refractivity contribution in [3.8, 4) is 0 Å². The maximum Gasteiger partial charge on any atom is 0.220 e. The molecule has 1 aliphatic heterocycles. The lowest BCUT2D eigenvalue weighted by Gasteiger charge is -2.40. The van der Waals surface area contributed by atoms with Crippen molar-refractivity contribution in [1.82, 2.24) is 5.32 Å². The fraction of sp³-hybridized carbons (Fsp3) is 0.930. The SMILES string of the molecule is CCCCCCCC/C=C/CCCCCCCCCCCC(=O)N[C@@H](CO[C@H]1O[C@@H](CO)[C@H](O)C(O)C1O)[C@H](O)CCCCCCCCCCCC. The molecule has 1 rings (SSSR count). The lowest BCUT2D eigenvalue weighted by molar-refractivity contribution is -0.302. The fourth-order valence-corrected chi connectivity index (χ4v) is 7.04. The number of hydrogen-bond donors (Lipinski definition) is 6. The molecular formula is C43H83NO8. The molecule has 308 valence electrons. The summed E-state index contributed by atoms with van der Waals surface area (Å²) in [4.78, 5) is 12.9. The maximum absolute atomic E-state index is 12.9. The van der Waals surface area contributed by atoms with E-state index in [1.54, 1.807) is 0 Å². The molecule has 9 heteroatoms. The molecule has 0 aromatic rings. The second-order valence-electron chi connectivity index (χ2n) is 15.5. The van der Waals surface area contributed by atoms with Gasteiger partial charge in [0.05, 0.1) is 25.4 Å². The van der Waals surface area contributed by atoms with Crippen LogP contribution in [0.15, 0.2) is 12.2 Å². The van der Waals surface area contributed by atoms with E-state index in [0.29, 0.717) is 12.8 Å². The van der Waals surface area contributed by atoms with Gasteiger partial charge in [-0.25, -0.2) is 0 Å². The van der Waals surface area contributed by atoms with Gasteiger partial charge >= 0.3 is 0 Å². The molecule has 0 aromatic heterocycles. The third-order valence-corrected chi connectivity index (χ3v) is 10.6. The standard InChI is InChI=1S/C43H83NO8/c1-3-5-7-9-11-13-15-16-17-18-19-20-21-22-23-25-27-29-31-33-39(47)44-36(35-51-43-42(50)41(49)40(48)38(34-45)52-43)37(46)32-30-28-26-24-14-12-10-8-6-4-2/h16-17,36-38,40-43,45-46,48-50H,3-15,18-35H2,1-2H3,(H,44,47)/b17-16+/t36-,37+,38-,40-,41?,42?,43-/m0/s1. The first kappa shape index (κ1) is 48.9. The summed E-state index contributed by atoms with van der Waals surface area (Å²) in [6.45, 7) is 3.81. The number of aliphatic hydroxyl groups is 5. The molecule has 0 saturated carbocycles. The summed E-state index contributed by atoms with van der Waals surface area (Å²) < 4.78 is 11.2. The molecule has 52 heavy (non-hydrogen) atoms. The number of hydrogen-bond acceptors (Lipinski definition) is 8. The Labute approximate surface area is 318 Å². The molecule has 1 heterocycles. The Balaban J connectivity index is 2.30. The Kier molecular flexibility index (Phi) is 32.4. The van der Waals surface area contributed by atoms with Crippen LogP contribution >= 0.6 is 0 Å². The van der Waals surface area contributed by atoms with Gasteiger partial charge in [0.1, 0.15) is 24.4 Å². The van der Waals surface area contributed by atoms with Crippen LogP contribution in [0.3, 0.4) is 0 Å². The normalized spacial score (nSPS) is 21.9. The highest BCUT2D eigenvalue weighted by molar-refractivity contribution is 5.76. The number of unbranched alkanes of at least 4 members (excludes halogenated alkanes) is 24. The number of amides is 1. The zero-order chi connectivity index (χ0) is 38.1. The van der Waals surface area contributed by atoms with Crippen LogP contribution in [0.5, 0.6) is 0 Å². The Hall–Kier alpha value is -1.07. The number of ether oxygens (including phenoxy) is 2. The van der Waals surface area contributed by atoms with E-state index in [1.165, 1.54) is 135 Å². The van der Waals surface area contributed by atoms with Gasteiger partial charge in [-0.2, -0.15) is 0 Å². The minimum absolute atomic E-state index is 0.136. The van der Waals surface area contributed by atoms with E-state index >= 15 is 0 Å². The monoisotopic (exact) mass is 742 g/mol. The smallest absolute Gasteiger partial charge is 0.220 e. The number of allylic oxidation sites excluding steroid dienone is 2. The molecular weight excluding hydrogens is 658 g/mol. The quantitative estimate of drug-likeness (QED) is 0.0277. The molecule has 1 saturated heterocycles. The van der Waals surface area contributed by atoms with Crippen LogP contribution in [0.1, 0.15) is 200 Å². The first-order valence-corrected chi connectivity index (χ1v) is 21.9. The molecule has 7 atom stereocenters. The molecule has 1 amide bonds. The molecule has 2 unspecified atom stereocenters. The maximum atomic E-state index is 12.9. The molecule has 9 nitrogen and oxygen atoms in total. The minimum Gasteiger partial charge on any atom is -0.394 e. The number of nitrogens with one attached hydrogen (secondary N) is 1. The van der Waals surface area contributed by atoms with E-state index < -0.39 is 49.5 Å². The van der Waals surface area contributed by atoms with Crippen molar-refractivity contribution in [3.05, 3.63) is 12.2 Å². The predicted octanol–water partition coefficient (Wildman–Crippen LogP) is 8.56. The highest BCUT2D eigenvalue weighted by Gasteiger charge is 2.44. The molecule has 1 aliphatic rings. The molecule has 1 fully saturated rings. The second kappa shape index (κ2) is 34.4. The summed E-state index contributed by atoms with van der Waals surface area (Å²) in [5.41, 5.74) is 0. The summed E-state index contributed by atoms with van der Waals surface area (Å²) in [5.74, 6) is -0.148. The summed E-state index contributed by atoms with van der Waals surface area (Å²) in [6, 6.07) is -0.714. The van der Waals surface area contributed by atoms with Gasteiger partial charge in [0.2, 0.25) is 5.91 Å². The van der Waals surface area contributed by atoms with Gasteiger partial charge < -0.3 is 40.3 Å². The van der Waals surface area contributed by atoms with Gasteiger partial charge in [-0.1, -0.05) is 167 Å². The van der Waals surface area contributed by atoms with Crippen LogP contribution in [0.2, 0.25) is 0 Å². The molecule has 0 aromatic carbocycles. The molecule has 0 radical (unpaired) electrons. The van der Waals surface area contributed by atoms with Gasteiger partial charge in [-0.05, 0) is 38.5 Å². The Morgan fingerprint density at radius 3 is 1.56 bits per heavy atom. The van der Waals surface area contributed by atoms with Crippen molar-refractivity contribution in [1.29, 1.82) is 0 Å². The predicted molar refractivity (Wildman–Crippen MR) is 212 cm³/mol. The molecule has 0 aliphatic carbocycles. The van der Waals surface area contributed by atoms with Crippen molar-refractivity contribution in [3.63, 3.8) is 0 Å². The van der Waals surface area contributed by atoms with Gasteiger partial charge in [-0.3, -0.25) is 4.79 Å². The van der Waals surface area contributed by atoms with E-state index in [0.717, 1.165) is 38.5 Å². The minimum atomic E-state index is -1.55. The summed E-state index contributed by atoms with van der Waals surface area (Å²) >= 11 is 0.